The van der Waals surface area contributed by atoms with Gasteiger partial charge >= 0.3 is 0 Å². The van der Waals surface area contributed by atoms with Crippen LogP contribution < -0.4 is 9.47 Å². The molecule has 0 amide bonds. The molecule has 1 aromatic rings. The molecule has 0 aromatic heterocycles. The fourth-order valence-electron chi connectivity index (χ4n) is 1.28. The van der Waals surface area contributed by atoms with Gasteiger partial charge in [-0.25, -0.2) is 0 Å². The van der Waals surface area contributed by atoms with Crippen LogP contribution in [-0.4, -0.2) is 12.2 Å². The molecule has 0 radical (unpaired) electrons. The molecule has 3 heteroatoms. The van der Waals surface area contributed by atoms with E-state index in [1.165, 1.54) is 0 Å². The van der Waals surface area contributed by atoms with Crippen molar-refractivity contribution in [2.75, 3.05) is 0 Å². The first kappa shape index (κ1) is 10.6. The standard InChI is InChI=1S/C12H15ClO2/c1-8(2)14-12-7-10(5-6-11(12)13)15-9-3-4-9/h5-9H,3-4H2,1-2H3. The number of benzene rings is 1. The van der Waals surface area contributed by atoms with Gasteiger partial charge in [-0.05, 0) is 38.8 Å². The molecular formula is C12H15ClO2. The predicted octanol–water partition coefficient (Wildman–Crippen LogP) is 3.67. The van der Waals surface area contributed by atoms with E-state index in [0.717, 1.165) is 18.6 Å². The van der Waals surface area contributed by atoms with E-state index in [9.17, 15) is 0 Å². The van der Waals surface area contributed by atoms with Crippen LogP contribution in [0.3, 0.4) is 0 Å². The molecule has 2 nitrogen and oxygen atoms in total. The van der Waals surface area contributed by atoms with Crippen molar-refractivity contribution >= 4 is 11.6 Å². The molecule has 0 aliphatic heterocycles. The van der Waals surface area contributed by atoms with Gasteiger partial charge in [-0.2, -0.15) is 0 Å². The summed E-state index contributed by atoms with van der Waals surface area (Å²) in [6.07, 6.45) is 2.84. The molecule has 1 fully saturated rings. The van der Waals surface area contributed by atoms with Crippen LogP contribution in [0.5, 0.6) is 11.5 Å². The van der Waals surface area contributed by atoms with Gasteiger partial charge in [0.1, 0.15) is 11.5 Å². The van der Waals surface area contributed by atoms with Crippen LogP contribution in [0.15, 0.2) is 18.2 Å². The van der Waals surface area contributed by atoms with Crippen LogP contribution >= 0.6 is 11.6 Å². The summed E-state index contributed by atoms with van der Waals surface area (Å²) in [5.41, 5.74) is 0. The summed E-state index contributed by atoms with van der Waals surface area (Å²) in [6, 6.07) is 5.56. The highest BCUT2D eigenvalue weighted by Crippen LogP contribution is 2.33. The van der Waals surface area contributed by atoms with E-state index in [4.69, 9.17) is 21.1 Å². The van der Waals surface area contributed by atoms with E-state index in [2.05, 4.69) is 0 Å². The first-order chi connectivity index (χ1) is 7.15. The fourth-order valence-corrected chi connectivity index (χ4v) is 1.44. The molecule has 0 heterocycles. The molecule has 0 N–H and O–H groups in total. The monoisotopic (exact) mass is 226 g/mol. The van der Waals surface area contributed by atoms with Gasteiger partial charge in [0.15, 0.2) is 0 Å². The van der Waals surface area contributed by atoms with Crippen molar-refractivity contribution in [3.63, 3.8) is 0 Å². The Hall–Kier alpha value is -0.890. The number of ether oxygens (including phenoxy) is 2. The lowest BCUT2D eigenvalue weighted by atomic mass is 10.3. The van der Waals surface area contributed by atoms with Crippen molar-refractivity contribution in [1.29, 1.82) is 0 Å². The molecule has 15 heavy (non-hydrogen) atoms. The lowest BCUT2D eigenvalue weighted by Crippen LogP contribution is -2.06. The first-order valence-electron chi connectivity index (χ1n) is 5.28. The van der Waals surface area contributed by atoms with Crippen molar-refractivity contribution in [2.24, 2.45) is 0 Å². The lowest BCUT2D eigenvalue weighted by molar-refractivity contribution is 0.239. The SMILES string of the molecule is CC(C)Oc1cc(OC2CC2)ccc1Cl. The molecular weight excluding hydrogens is 212 g/mol. The Bertz CT molecular complexity index is 345. The average molecular weight is 227 g/mol. The Kier molecular flexibility index (Phi) is 3.06. The first-order valence-corrected chi connectivity index (χ1v) is 5.66. The minimum absolute atomic E-state index is 0.124. The van der Waals surface area contributed by atoms with Gasteiger partial charge in [-0.3, -0.25) is 0 Å². The molecule has 1 aliphatic rings. The third-order valence-corrected chi connectivity index (χ3v) is 2.40. The Morgan fingerprint density at radius 3 is 2.67 bits per heavy atom. The molecule has 1 aromatic carbocycles. The maximum Gasteiger partial charge on any atom is 0.141 e. The van der Waals surface area contributed by atoms with E-state index in [-0.39, 0.29) is 6.10 Å². The van der Waals surface area contributed by atoms with Crippen molar-refractivity contribution < 1.29 is 9.47 Å². The quantitative estimate of drug-likeness (QED) is 0.780. The Labute approximate surface area is 95.1 Å². The number of hydrogen-bond acceptors (Lipinski definition) is 2. The maximum atomic E-state index is 6.01. The second kappa shape index (κ2) is 4.31. The molecule has 0 bridgehead atoms. The fraction of sp³-hybridized carbons (Fsp3) is 0.500. The van der Waals surface area contributed by atoms with Gasteiger partial charge in [0, 0.05) is 6.07 Å². The minimum Gasteiger partial charge on any atom is -0.490 e. The Balaban J connectivity index is 2.11. The van der Waals surface area contributed by atoms with Gasteiger partial charge < -0.3 is 9.47 Å². The van der Waals surface area contributed by atoms with E-state index >= 15 is 0 Å². The van der Waals surface area contributed by atoms with Crippen LogP contribution in [0, 0.1) is 0 Å². The van der Waals surface area contributed by atoms with Crippen molar-refractivity contribution in [3.8, 4) is 11.5 Å². The molecule has 0 spiro atoms. The summed E-state index contributed by atoms with van der Waals surface area (Å²) in [7, 11) is 0. The summed E-state index contributed by atoms with van der Waals surface area (Å²) >= 11 is 6.01. The minimum atomic E-state index is 0.124. The van der Waals surface area contributed by atoms with Gasteiger partial charge in [-0.15, -0.1) is 0 Å². The van der Waals surface area contributed by atoms with E-state index in [0.29, 0.717) is 16.9 Å². The summed E-state index contributed by atoms with van der Waals surface area (Å²) in [6.45, 7) is 3.95. The van der Waals surface area contributed by atoms with Crippen LogP contribution in [0.2, 0.25) is 5.02 Å². The summed E-state index contributed by atoms with van der Waals surface area (Å²) < 4.78 is 11.2. The highest BCUT2D eigenvalue weighted by molar-refractivity contribution is 6.32. The van der Waals surface area contributed by atoms with Crippen LogP contribution in [0.25, 0.3) is 0 Å². The van der Waals surface area contributed by atoms with Crippen LogP contribution in [0.1, 0.15) is 26.7 Å². The zero-order valence-corrected chi connectivity index (χ0v) is 9.75. The van der Waals surface area contributed by atoms with Crippen molar-refractivity contribution in [3.05, 3.63) is 23.2 Å². The molecule has 1 saturated carbocycles. The molecule has 1 aliphatic carbocycles. The second-order valence-electron chi connectivity index (χ2n) is 4.08. The highest BCUT2D eigenvalue weighted by Gasteiger charge is 2.23. The smallest absolute Gasteiger partial charge is 0.141 e. The van der Waals surface area contributed by atoms with Crippen LogP contribution in [0.4, 0.5) is 0 Å². The van der Waals surface area contributed by atoms with E-state index < -0.39 is 0 Å². The van der Waals surface area contributed by atoms with E-state index in [1.54, 1.807) is 0 Å². The molecule has 82 valence electrons. The van der Waals surface area contributed by atoms with Gasteiger partial charge in [-0.1, -0.05) is 11.6 Å². The summed E-state index contributed by atoms with van der Waals surface area (Å²) in [5, 5.41) is 0.631. The second-order valence-corrected chi connectivity index (χ2v) is 4.48. The van der Waals surface area contributed by atoms with Crippen molar-refractivity contribution in [1.82, 2.24) is 0 Å². The van der Waals surface area contributed by atoms with Gasteiger partial charge in [0.2, 0.25) is 0 Å². The largest absolute Gasteiger partial charge is 0.490 e. The topological polar surface area (TPSA) is 18.5 Å². The highest BCUT2D eigenvalue weighted by atomic mass is 35.5. The number of rotatable bonds is 4. The van der Waals surface area contributed by atoms with Crippen molar-refractivity contribution in [2.45, 2.75) is 38.9 Å². The molecule has 0 unspecified atom stereocenters. The van der Waals surface area contributed by atoms with Crippen LogP contribution in [-0.2, 0) is 0 Å². The summed E-state index contributed by atoms with van der Waals surface area (Å²) in [4.78, 5) is 0. The molecule has 0 atom stereocenters. The molecule has 2 rings (SSSR count). The van der Waals surface area contributed by atoms with Gasteiger partial charge in [0.05, 0.1) is 17.2 Å². The maximum absolute atomic E-state index is 6.01. The lowest BCUT2D eigenvalue weighted by Gasteiger charge is -2.13. The normalized spacial score (nSPS) is 15.5. The van der Waals surface area contributed by atoms with E-state index in [1.807, 2.05) is 32.0 Å². The number of halogens is 1. The average Bonchev–Trinajstić information content (AvgIpc) is 2.94. The zero-order chi connectivity index (χ0) is 10.8. The summed E-state index contributed by atoms with van der Waals surface area (Å²) in [5.74, 6) is 1.54. The predicted molar refractivity (Wildman–Crippen MR) is 60.9 cm³/mol. The zero-order valence-electron chi connectivity index (χ0n) is 9.00. The Morgan fingerprint density at radius 1 is 1.33 bits per heavy atom. The number of hydrogen-bond donors (Lipinski definition) is 0. The third-order valence-electron chi connectivity index (χ3n) is 2.09. The third kappa shape index (κ3) is 3.03. The van der Waals surface area contributed by atoms with Gasteiger partial charge in [0.25, 0.3) is 0 Å². The molecule has 0 saturated heterocycles. The Morgan fingerprint density at radius 2 is 2.07 bits per heavy atom.